The first kappa shape index (κ1) is 24.9. The Morgan fingerprint density at radius 2 is 1.73 bits per heavy atom. The molecule has 1 saturated heterocycles. The zero-order valence-corrected chi connectivity index (χ0v) is 21.1. The number of fused-ring (bicyclic) bond motifs is 1. The first-order valence-corrected chi connectivity index (χ1v) is 13.8. The van der Waals surface area contributed by atoms with Gasteiger partial charge in [-0.05, 0) is 33.7 Å². The van der Waals surface area contributed by atoms with Crippen LogP contribution in [0.4, 0.5) is 0 Å². The average molecular weight is 535 g/mol. The number of hydrogen-bond donors (Lipinski definition) is 1. The molecule has 2 aliphatic rings. The van der Waals surface area contributed by atoms with Crippen LogP contribution in [0.15, 0.2) is 89.4 Å². The number of benzene rings is 2. The number of hydrogen-bond acceptors (Lipinski definition) is 7. The van der Waals surface area contributed by atoms with Crippen molar-refractivity contribution in [3.63, 3.8) is 0 Å². The fraction of sp³-hybridized carbons (Fsp3) is 0.185. The molecule has 5 rings (SSSR count). The number of nitrogens with zero attached hydrogens (tertiary/aromatic N) is 1. The van der Waals surface area contributed by atoms with Crippen molar-refractivity contribution in [2.24, 2.45) is 0 Å². The lowest BCUT2D eigenvalue weighted by molar-refractivity contribution is -0.155. The Morgan fingerprint density at radius 1 is 1.08 bits per heavy atom. The van der Waals surface area contributed by atoms with E-state index in [0.29, 0.717) is 17.4 Å². The summed E-state index contributed by atoms with van der Waals surface area (Å²) in [6, 6.07) is 20.8. The van der Waals surface area contributed by atoms with Crippen molar-refractivity contribution >= 4 is 46.6 Å². The second kappa shape index (κ2) is 10.7. The van der Waals surface area contributed by atoms with Gasteiger partial charge in [-0.15, -0.1) is 11.3 Å². The van der Waals surface area contributed by atoms with E-state index in [1.54, 1.807) is 6.07 Å². The molecule has 1 aromatic heterocycles. The zero-order chi connectivity index (χ0) is 25.9. The van der Waals surface area contributed by atoms with E-state index in [4.69, 9.17) is 4.74 Å². The van der Waals surface area contributed by atoms with Gasteiger partial charge in [0, 0.05) is 4.88 Å². The minimum atomic E-state index is -1.69. The summed E-state index contributed by atoms with van der Waals surface area (Å²) in [7, 11) is 0. The number of aldehydes is 1. The summed E-state index contributed by atoms with van der Waals surface area (Å²) in [6.07, 6.45) is -0.277. The molecule has 0 saturated carbocycles. The first-order valence-electron chi connectivity index (χ1n) is 11.5. The number of thiophene rings is 1. The maximum absolute atomic E-state index is 13.5. The molecule has 0 aliphatic carbocycles. The van der Waals surface area contributed by atoms with Crippen molar-refractivity contribution in [3.05, 3.63) is 105 Å². The van der Waals surface area contributed by atoms with Gasteiger partial charge in [-0.3, -0.25) is 19.3 Å². The number of amides is 2. The van der Waals surface area contributed by atoms with Crippen LogP contribution in [0.3, 0.4) is 0 Å². The van der Waals surface area contributed by atoms with Gasteiger partial charge >= 0.3 is 5.97 Å². The predicted molar refractivity (Wildman–Crippen MR) is 138 cm³/mol. The summed E-state index contributed by atoms with van der Waals surface area (Å²) >= 11 is -0.276. The second-order valence-electron chi connectivity index (χ2n) is 8.52. The SMILES string of the molecule is O=CC1=C(C(=O)OC(c2ccccc2)c2ccccc2)N2C(=O)C(NC(=O)Cc3cccs3)[C@@H]2[S+]([O-])C1. The number of nitrogens with one attached hydrogen (secondary N) is 1. The Hall–Kier alpha value is -3.73. The highest BCUT2D eigenvalue weighted by Crippen LogP contribution is 2.38. The minimum Gasteiger partial charge on any atom is -0.614 e. The smallest absolute Gasteiger partial charge is 0.356 e. The number of esters is 1. The van der Waals surface area contributed by atoms with Crippen molar-refractivity contribution in [1.29, 1.82) is 0 Å². The van der Waals surface area contributed by atoms with Crippen molar-refractivity contribution in [3.8, 4) is 0 Å². The molecule has 0 bridgehead atoms. The van der Waals surface area contributed by atoms with Crippen molar-refractivity contribution in [1.82, 2.24) is 10.2 Å². The summed E-state index contributed by atoms with van der Waals surface area (Å²) in [6.45, 7) is 0. The molecule has 2 aliphatic heterocycles. The van der Waals surface area contributed by atoms with Crippen LogP contribution in [-0.2, 0) is 41.5 Å². The van der Waals surface area contributed by atoms with Crippen LogP contribution in [-0.4, -0.2) is 50.7 Å². The van der Waals surface area contributed by atoms with Crippen molar-refractivity contribution in [2.75, 3.05) is 5.75 Å². The maximum atomic E-state index is 13.5. The topological polar surface area (TPSA) is 116 Å². The van der Waals surface area contributed by atoms with E-state index in [-0.39, 0.29) is 29.4 Å². The highest BCUT2D eigenvalue weighted by Gasteiger charge is 2.61. The Morgan fingerprint density at radius 3 is 2.30 bits per heavy atom. The zero-order valence-electron chi connectivity index (χ0n) is 19.4. The third-order valence-corrected chi connectivity index (χ3v) is 8.65. The number of β-lactam (4-membered cyclic amide) rings is 1. The molecule has 8 nitrogen and oxygen atoms in total. The summed E-state index contributed by atoms with van der Waals surface area (Å²) < 4.78 is 18.8. The first-order chi connectivity index (χ1) is 18.0. The Bertz CT molecular complexity index is 1300. The van der Waals surface area contributed by atoms with Crippen LogP contribution in [0.2, 0.25) is 0 Å². The lowest BCUT2D eigenvalue weighted by Gasteiger charge is -2.48. The number of carbonyl (C=O) groups excluding carboxylic acids is 4. The van der Waals surface area contributed by atoms with Crippen LogP contribution in [0.25, 0.3) is 0 Å². The van der Waals surface area contributed by atoms with Gasteiger partial charge in [0.2, 0.25) is 11.3 Å². The quantitative estimate of drug-likeness (QED) is 0.206. The van der Waals surface area contributed by atoms with Crippen LogP contribution in [0, 0.1) is 0 Å². The molecule has 2 aromatic carbocycles. The molecule has 1 N–H and O–H groups in total. The van der Waals surface area contributed by atoms with E-state index in [2.05, 4.69) is 5.32 Å². The molecular weight excluding hydrogens is 512 g/mol. The largest absolute Gasteiger partial charge is 0.614 e. The lowest BCUT2D eigenvalue weighted by Crippen LogP contribution is -2.75. The van der Waals surface area contributed by atoms with E-state index in [0.717, 1.165) is 9.78 Å². The Kier molecular flexibility index (Phi) is 7.22. The standard InChI is InChI=1S/C27H22N2O6S2/c30-15-19-16-37(34)26-22(28-21(31)14-20-12-7-13-36-20)25(32)29(26)23(19)27(33)35-24(17-8-3-1-4-9-17)18-10-5-2-6-11-18/h1-13,15,22,24,26H,14,16H2,(H,28,31)/t22?,26-,37?/m0/s1. The second-order valence-corrected chi connectivity index (χ2v) is 11.1. The maximum Gasteiger partial charge on any atom is 0.356 e. The molecule has 3 atom stereocenters. The van der Waals surface area contributed by atoms with E-state index in [9.17, 15) is 23.7 Å². The summed E-state index contributed by atoms with van der Waals surface area (Å²) in [5, 5.41) is 3.52. The fourth-order valence-electron chi connectivity index (χ4n) is 4.43. The molecule has 1 fully saturated rings. The van der Waals surface area contributed by atoms with Crippen LogP contribution in [0.5, 0.6) is 0 Å². The number of ether oxygens (including phenoxy) is 1. The predicted octanol–water partition coefficient (Wildman–Crippen LogP) is 2.49. The summed E-state index contributed by atoms with van der Waals surface area (Å²) in [5.74, 6) is -2.10. The molecule has 37 heavy (non-hydrogen) atoms. The number of carbonyl (C=O) groups is 4. The Balaban J connectivity index is 1.39. The highest BCUT2D eigenvalue weighted by atomic mass is 32.2. The normalized spacial score (nSPS) is 20.8. The van der Waals surface area contributed by atoms with Gasteiger partial charge in [-0.25, -0.2) is 4.79 Å². The molecule has 2 amide bonds. The minimum absolute atomic E-state index is 0.0730. The van der Waals surface area contributed by atoms with Crippen LogP contribution < -0.4 is 5.32 Å². The van der Waals surface area contributed by atoms with Gasteiger partial charge in [0.25, 0.3) is 5.91 Å². The van der Waals surface area contributed by atoms with E-state index < -0.39 is 40.6 Å². The molecule has 188 valence electrons. The van der Waals surface area contributed by atoms with E-state index in [1.807, 2.05) is 72.1 Å². The third-order valence-electron chi connectivity index (χ3n) is 6.15. The van der Waals surface area contributed by atoms with E-state index >= 15 is 0 Å². The van der Waals surface area contributed by atoms with Crippen LogP contribution >= 0.6 is 11.3 Å². The summed E-state index contributed by atoms with van der Waals surface area (Å²) in [5.41, 5.74) is 1.11. The third kappa shape index (κ3) is 4.95. The lowest BCUT2D eigenvalue weighted by atomic mass is 10.0. The van der Waals surface area contributed by atoms with Gasteiger partial charge < -0.3 is 14.6 Å². The van der Waals surface area contributed by atoms with Gasteiger partial charge in [0.05, 0.1) is 12.0 Å². The molecule has 3 heterocycles. The number of rotatable bonds is 8. The fourth-order valence-corrected chi connectivity index (χ4v) is 6.75. The van der Waals surface area contributed by atoms with Gasteiger partial charge in [-0.1, -0.05) is 66.7 Å². The molecule has 2 unspecified atom stereocenters. The van der Waals surface area contributed by atoms with Crippen LogP contribution in [0.1, 0.15) is 22.1 Å². The molecule has 0 spiro atoms. The highest BCUT2D eigenvalue weighted by molar-refractivity contribution is 7.92. The monoisotopic (exact) mass is 534 g/mol. The van der Waals surface area contributed by atoms with E-state index in [1.165, 1.54) is 11.3 Å². The Labute approximate surface area is 220 Å². The van der Waals surface area contributed by atoms with Gasteiger partial charge in [-0.2, -0.15) is 0 Å². The molecular formula is C27H22N2O6S2. The molecule has 0 radical (unpaired) electrons. The average Bonchev–Trinajstić information content (AvgIpc) is 3.43. The van der Waals surface area contributed by atoms with Crippen molar-refractivity contribution in [2.45, 2.75) is 23.9 Å². The molecule has 3 aromatic rings. The summed E-state index contributed by atoms with van der Waals surface area (Å²) in [4.78, 5) is 52.8. The van der Waals surface area contributed by atoms with Gasteiger partial charge in [0.1, 0.15) is 11.4 Å². The molecule has 10 heteroatoms. The van der Waals surface area contributed by atoms with Crippen molar-refractivity contribution < 1.29 is 28.5 Å². The van der Waals surface area contributed by atoms with Gasteiger partial charge in [0.15, 0.2) is 18.4 Å².